The lowest BCUT2D eigenvalue weighted by Gasteiger charge is -2.26. The number of carbonyl (C=O) groups excluding carboxylic acids is 2. The Morgan fingerprint density at radius 2 is 1.78 bits per heavy atom. The van der Waals surface area contributed by atoms with Crippen molar-refractivity contribution in [2.24, 2.45) is 0 Å². The molecule has 36 heavy (non-hydrogen) atoms. The number of amides is 1. The first kappa shape index (κ1) is 25.9. The molecule has 1 aliphatic rings. The average molecular weight is 527 g/mol. The number of carbonyl (C=O) groups is 2. The fourth-order valence-electron chi connectivity index (χ4n) is 4.38. The van der Waals surface area contributed by atoms with E-state index in [9.17, 15) is 18.0 Å². The smallest absolute Gasteiger partial charge is 0.341 e. The number of aryl methyl sites for hydroxylation is 3. The molecule has 0 spiro atoms. The van der Waals surface area contributed by atoms with Crippen molar-refractivity contribution >= 4 is 43.9 Å². The van der Waals surface area contributed by atoms with E-state index in [1.807, 2.05) is 26.0 Å². The number of esters is 1. The molecule has 0 saturated carbocycles. The quantitative estimate of drug-likeness (QED) is 0.405. The fourth-order valence-corrected chi connectivity index (χ4v) is 7.17. The summed E-state index contributed by atoms with van der Waals surface area (Å²) >= 11 is 1.38. The van der Waals surface area contributed by atoms with Crippen LogP contribution in [0.25, 0.3) is 0 Å². The predicted molar refractivity (Wildman–Crippen MR) is 142 cm³/mol. The molecule has 9 heteroatoms. The highest BCUT2D eigenvalue weighted by Gasteiger charge is 2.31. The first-order valence-electron chi connectivity index (χ1n) is 12.0. The maximum atomic E-state index is 13.7. The predicted octanol–water partition coefficient (Wildman–Crippen LogP) is 5.25. The molecule has 0 radical (unpaired) electrons. The normalized spacial score (nSPS) is 13.1. The number of anilines is 2. The highest BCUT2D eigenvalue weighted by atomic mass is 32.2. The van der Waals surface area contributed by atoms with E-state index in [1.54, 1.807) is 31.2 Å². The summed E-state index contributed by atoms with van der Waals surface area (Å²) in [6, 6.07) is 13.6. The number of hydrogen-bond acceptors (Lipinski definition) is 6. The standard InChI is InChI=1S/C27H30N2O5S2/c1-4-34-27(31)25-21-12-8-9-13-23(21)35-26(25)28-24(30)17-29(22-16-18(2)14-15-19(22)3)36(32,33)20-10-6-5-7-11-20/h5-7,10-11,14-16H,4,8-9,12-13,17H2,1-3H3,(H,28,30). The van der Waals surface area contributed by atoms with Crippen LogP contribution in [-0.2, 0) is 32.4 Å². The number of fused-ring (bicyclic) bond motifs is 1. The molecular weight excluding hydrogens is 496 g/mol. The Morgan fingerprint density at radius 1 is 1.06 bits per heavy atom. The van der Waals surface area contributed by atoms with Gasteiger partial charge in [0.05, 0.1) is 22.8 Å². The Bertz CT molecular complexity index is 1380. The third kappa shape index (κ3) is 5.32. The zero-order valence-electron chi connectivity index (χ0n) is 20.7. The van der Waals surface area contributed by atoms with Crippen molar-refractivity contribution in [1.29, 1.82) is 0 Å². The SMILES string of the molecule is CCOC(=O)c1c(NC(=O)CN(c2cc(C)ccc2C)S(=O)(=O)c2ccccc2)sc2c1CCCC2. The van der Waals surface area contributed by atoms with E-state index < -0.39 is 28.4 Å². The van der Waals surface area contributed by atoms with Crippen molar-refractivity contribution in [2.45, 2.75) is 51.3 Å². The number of nitrogens with one attached hydrogen (secondary N) is 1. The summed E-state index contributed by atoms with van der Waals surface area (Å²) in [6.07, 6.45) is 3.60. The number of nitrogens with zero attached hydrogens (tertiary/aromatic N) is 1. The Balaban J connectivity index is 1.70. The zero-order chi connectivity index (χ0) is 25.9. The molecule has 2 aromatic carbocycles. The van der Waals surface area contributed by atoms with Crippen LogP contribution in [0.5, 0.6) is 0 Å². The monoisotopic (exact) mass is 526 g/mol. The van der Waals surface area contributed by atoms with Gasteiger partial charge < -0.3 is 10.1 Å². The summed E-state index contributed by atoms with van der Waals surface area (Å²) in [4.78, 5) is 27.3. The van der Waals surface area contributed by atoms with Gasteiger partial charge in [0.15, 0.2) is 0 Å². The Kier molecular flexibility index (Phi) is 7.80. The molecule has 1 aliphatic carbocycles. The second-order valence-electron chi connectivity index (χ2n) is 8.80. The first-order chi connectivity index (χ1) is 17.2. The van der Waals surface area contributed by atoms with Crippen molar-refractivity contribution in [2.75, 3.05) is 22.8 Å². The van der Waals surface area contributed by atoms with E-state index in [2.05, 4.69) is 5.32 Å². The van der Waals surface area contributed by atoms with Gasteiger partial charge in [-0.2, -0.15) is 0 Å². The Labute approximate surface area is 216 Å². The number of thiophene rings is 1. The molecular formula is C27H30N2O5S2. The molecule has 1 amide bonds. The molecule has 0 fully saturated rings. The number of rotatable bonds is 8. The van der Waals surface area contributed by atoms with Crippen LogP contribution in [0.2, 0.25) is 0 Å². The minimum absolute atomic E-state index is 0.0949. The lowest BCUT2D eigenvalue weighted by molar-refractivity contribution is -0.114. The summed E-state index contributed by atoms with van der Waals surface area (Å²) in [5, 5.41) is 3.26. The highest BCUT2D eigenvalue weighted by molar-refractivity contribution is 7.92. The van der Waals surface area contributed by atoms with Crippen molar-refractivity contribution in [1.82, 2.24) is 0 Å². The molecule has 7 nitrogen and oxygen atoms in total. The van der Waals surface area contributed by atoms with E-state index >= 15 is 0 Å². The molecule has 0 saturated heterocycles. The number of ether oxygens (including phenoxy) is 1. The van der Waals surface area contributed by atoms with Gasteiger partial charge in [0.2, 0.25) is 5.91 Å². The van der Waals surface area contributed by atoms with Gasteiger partial charge >= 0.3 is 5.97 Å². The second kappa shape index (κ2) is 10.8. The lowest BCUT2D eigenvalue weighted by Crippen LogP contribution is -2.38. The van der Waals surface area contributed by atoms with Crippen molar-refractivity contribution in [3.8, 4) is 0 Å². The van der Waals surface area contributed by atoms with Crippen LogP contribution in [0.3, 0.4) is 0 Å². The van der Waals surface area contributed by atoms with Gasteiger partial charge in [-0.1, -0.05) is 30.3 Å². The van der Waals surface area contributed by atoms with E-state index in [1.165, 1.54) is 23.5 Å². The molecule has 0 aliphatic heterocycles. The molecule has 190 valence electrons. The van der Waals surface area contributed by atoms with Crippen molar-refractivity contribution in [3.63, 3.8) is 0 Å². The van der Waals surface area contributed by atoms with Crippen LogP contribution in [0, 0.1) is 13.8 Å². The van der Waals surface area contributed by atoms with Gasteiger partial charge in [0, 0.05) is 4.88 Å². The molecule has 0 unspecified atom stereocenters. The third-order valence-electron chi connectivity index (χ3n) is 6.16. The maximum absolute atomic E-state index is 13.7. The van der Waals surface area contributed by atoms with Crippen LogP contribution in [0.1, 0.15) is 51.7 Å². The van der Waals surface area contributed by atoms with Crippen LogP contribution in [0.4, 0.5) is 10.7 Å². The summed E-state index contributed by atoms with van der Waals surface area (Å²) in [5.74, 6) is -0.991. The van der Waals surface area contributed by atoms with Gasteiger partial charge in [-0.15, -0.1) is 11.3 Å². The molecule has 3 aromatic rings. The second-order valence-corrected chi connectivity index (χ2v) is 11.8. The minimum Gasteiger partial charge on any atom is -0.462 e. The average Bonchev–Trinajstić information content (AvgIpc) is 3.22. The Morgan fingerprint density at radius 3 is 2.50 bits per heavy atom. The first-order valence-corrected chi connectivity index (χ1v) is 14.2. The Hall–Kier alpha value is -3.17. The lowest BCUT2D eigenvalue weighted by atomic mass is 9.95. The zero-order valence-corrected chi connectivity index (χ0v) is 22.3. The topological polar surface area (TPSA) is 92.8 Å². The maximum Gasteiger partial charge on any atom is 0.341 e. The summed E-state index contributed by atoms with van der Waals surface area (Å²) < 4.78 is 33.8. The van der Waals surface area contributed by atoms with E-state index in [0.717, 1.165) is 51.6 Å². The van der Waals surface area contributed by atoms with E-state index in [0.29, 0.717) is 16.3 Å². The number of hydrogen-bond donors (Lipinski definition) is 1. The van der Waals surface area contributed by atoms with Gasteiger partial charge in [-0.25, -0.2) is 13.2 Å². The van der Waals surface area contributed by atoms with E-state index in [4.69, 9.17) is 4.74 Å². The van der Waals surface area contributed by atoms with Gasteiger partial charge in [0.1, 0.15) is 11.5 Å². The molecule has 1 aromatic heterocycles. The number of sulfonamides is 1. The largest absolute Gasteiger partial charge is 0.462 e. The minimum atomic E-state index is -4.03. The number of benzene rings is 2. The molecule has 0 bridgehead atoms. The summed E-state index contributed by atoms with van der Waals surface area (Å²) in [5.41, 5.74) is 3.37. The van der Waals surface area contributed by atoms with E-state index in [-0.39, 0.29) is 11.5 Å². The van der Waals surface area contributed by atoms with Crippen molar-refractivity contribution in [3.05, 3.63) is 75.7 Å². The van der Waals surface area contributed by atoms with Gasteiger partial charge in [-0.3, -0.25) is 9.10 Å². The van der Waals surface area contributed by atoms with Crippen LogP contribution < -0.4 is 9.62 Å². The summed E-state index contributed by atoms with van der Waals surface area (Å²) in [6.45, 7) is 5.22. The van der Waals surface area contributed by atoms with Gasteiger partial charge in [-0.05, 0) is 81.3 Å². The van der Waals surface area contributed by atoms with Crippen LogP contribution in [0.15, 0.2) is 53.4 Å². The fraction of sp³-hybridized carbons (Fsp3) is 0.333. The third-order valence-corrected chi connectivity index (χ3v) is 9.14. The molecule has 1 heterocycles. The molecule has 1 N–H and O–H groups in total. The van der Waals surface area contributed by atoms with Gasteiger partial charge in [0.25, 0.3) is 10.0 Å². The molecule has 0 atom stereocenters. The van der Waals surface area contributed by atoms with Crippen molar-refractivity contribution < 1.29 is 22.7 Å². The van der Waals surface area contributed by atoms with Crippen LogP contribution in [-0.4, -0.2) is 33.4 Å². The summed E-state index contributed by atoms with van der Waals surface area (Å²) in [7, 11) is -4.03. The van der Waals surface area contributed by atoms with Crippen LogP contribution >= 0.6 is 11.3 Å². The molecule has 4 rings (SSSR count). The highest BCUT2D eigenvalue weighted by Crippen LogP contribution is 2.39.